The Bertz CT molecular complexity index is 287. The first-order valence-corrected chi connectivity index (χ1v) is 4.80. The molecule has 0 saturated heterocycles. The molecule has 0 saturated carbocycles. The van der Waals surface area contributed by atoms with Gasteiger partial charge in [-0.05, 0) is 12.1 Å². The minimum atomic E-state index is -0.0880. The standard InChI is InChI=1S/C11H17NO3/c1-13-9(7-12)8-15-11-6-4-3-5-10(11)14-2/h3-6,9H,7-8,12H2,1-2H3. The van der Waals surface area contributed by atoms with Crippen molar-refractivity contribution in [3.63, 3.8) is 0 Å². The van der Waals surface area contributed by atoms with Gasteiger partial charge in [0.05, 0.1) is 7.11 Å². The lowest BCUT2D eigenvalue weighted by atomic mass is 10.3. The molecule has 0 amide bonds. The molecule has 0 aliphatic rings. The van der Waals surface area contributed by atoms with Crippen molar-refractivity contribution in [1.29, 1.82) is 0 Å². The number of hydrogen-bond donors (Lipinski definition) is 1. The fourth-order valence-electron chi connectivity index (χ4n) is 1.15. The third kappa shape index (κ3) is 3.42. The summed E-state index contributed by atoms with van der Waals surface area (Å²) < 4.78 is 15.8. The molecule has 0 heterocycles. The molecule has 15 heavy (non-hydrogen) atoms. The maximum atomic E-state index is 5.54. The van der Waals surface area contributed by atoms with Crippen molar-refractivity contribution in [3.05, 3.63) is 24.3 Å². The van der Waals surface area contributed by atoms with Crippen molar-refractivity contribution in [3.8, 4) is 11.5 Å². The summed E-state index contributed by atoms with van der Waals surface area (Å²) in [6.45, 7) is 0.860. The molecule has 0 aliphatic carbocycles. The second-order valence-electron chi connectivity index (χ2n) is 3.06. The molecular formula is C11H17NO3. The Labute approximate surface area is 89.9 Å². The van der Waals surface area contributed by atoms with E-state index >= 15 is 0 Å². The summed E-state index contributed by atoms with van der Waals surface area (Å²) in [4.78, 5) is 0. The summed E-state index contributed by atoms with van der Waals surface area (Å²) >= 11 is 0. The third-order valence-corrected chi connectivity index (χ3v) is 2.09. The van der Waals surface area contributed by atoms with Crippen LogP contribution in [0.2, 0.25) is 0 Å². The van der Waals surface area contributed by atoms with Gasteiger partial charge in [0.1, 0.15) is 12.7 Å². The van der Waals surface area contributed by atoms with E-state index in [1.807, 2.05) is 24.3 Å². The predicted molar refractivity (Wildman–Crippen MR) is 58.3 cm³/mol. The van der Waals surface area contributed by atoms with E-state index in [9.17, 15) is 0 Å². The van der Waals surface area contributed by atoms with Crippen molar-refractivity contribution < 1.29 is 14.2 Å². The van der Waals surface area contributed by atoms with Crippen molar-refractivity contribution in [2.75, 3.05) is 27.4 Å². The first-order valence-electron chi connectivity index (χ1n) is 4.80. The summed E-state index contributed by atoms with van der Waals surface area (Å²) in [7, 11) is 3.22. The van der Waals surface area contributed by atoms with Crippen LogP contribution in [0.25, 0.3) is 0 Å². The molecule has 1 rings (SSSR count). The third-order valence-electron chi connectivity index (χ3n) is 2.09. The fraction of sp³-hybridized carbons (Fsp3) is 0.455. The lowest BCUT2D eigenvalue weighted by Gasteiger charge is -2.15. The highest BCUT2D eigenvalue weighted by Gasteiger charge is 2.08. The maximum absolute atomic E-state index is 5.54. The Morgan fingerprint density at radius 3 is 2.40 bits per heavy atom. The zero-order valence-electron chi connectivity index (χ0n) is 9.10. The van der Waals surface area contributed by atoms with Gasteiger partial charge in [-0.3, -0.25) is 0 Å². The second kappa shape index (κ2) is 6.27. The van der Waals surface area contributed by atoms with Gasteiger partial charge in [0, 0.05) is 13.7 Å². The largest absolute Gasteiger partial charge is 0.493 e. The number of hydrogen-bond acceptors (Lipinski definition) is 4. The lowest BCUT2D eigenvalue weighted by molar-refractivity contribution is 0.0634. The number of para-hydroxylation sites is 2. The molecular weight excluding hydrogens is 194 g/mol. The van der Waals surface area contributed by atoms with Gasteiger partial charge < -0.3 is 19.9 Å². The first-order chi connectivity index (χ1) is 7.31. The van der Waals surface area contributed by atoms with Gasteiger partial charge in [-0.25, -0.2) is 0 Å². The van der Waals surface area contributed by atoms with E-state index < -0.39 is 0 Å². The SMILES string of the molecule is COc1ccccc1OCC(CN)OC. The normalized spacial score (nSPS) is 12.2. The predicted octanol–water partition coefficient (Wildman–Crippen LogP) is 1.05. The molecule has 0 radical (unpaired) electrons. The topological polar surface area (TPSA) is 53.7 Å². The van der Waals surface area contributed by atoms with E-state index in [2.05, 4.69) is 0 Å². The van der Waals surface area contributed by atoms with Gasteiger partial charge >= 0.3 is 0 Å². The van der Waals surface area contributed by atoms with E-state index in [0.717, 1.165) is 0 Å². The quantitative estimate of drug-likeness (QED) is 0.764. The van der Waals surface area contributed by atoms with Crippen molar-refractivity contribution in [2.45, 2.75) is 6.10 Å². The average molecular weight is 211 g/mol. The van der Waals surface area contributed by atoms with Gasteiger partial charge in [0.2, 0.25) is 0 Å². The van der Waals surface area contributed by atoms with Crippen molar-refractivity contribution in [2.24, 2.45) is 5.73 Å². The van der Waals surface area contributed by atoms with E-state index in [0.29, 0.717) is 24.7 Å². The number of methoxy groups -OCH3 is 2. The van der Waals surface area contributed by atoms with Crippen LogP contribution in [0, 0.1) is 0 Å². The van der Waals surface area contributed by atoms with Gasteiger partial charge in [-0.1, -0.05) is 12.1 Å². The fourth-order valence-corrected chi connectivity index (χ4v) is 1.15. The summed E-state index contributed by atoms with van der Waals surface area (Å²) in [5.74, 6) is 1.42. The highest BCUT2D eigenvalue weighted by molar-refractivity contribution is 5.39. The van der Waals surface area contributed by atoms with Gasteiger partial charge in [0.25, 0.3) is 0 Å². The van der Waals surface area contributed by atoms with Crippen LogP contribution in [0.4, 0.5) is 0 Å². The maximum Gasteiger partial charge on any atom is 0.161 e. The Kier molecular flexibility index (Phi) is 4.93. The number of nitrogens with two attached hydrogens (primary N) is 1. The van der Waals surface area contributed by atoms with Gasteiger partial charge in [-0.2, -0.15) is 0 Å². The first kappa shape index (κ1) is 11.8. The van der Waals surface area contributed by atoms with Crippen LogP contribution in [-0.2, 0) is 4.74 Å². The van der Waals surface area contributed by atoms with Crippen LogP contribution in [0.3, 0.4) is 0 Å². The van der Waals surface area contributed by atoms with Gasteiger partial charge in [0.15, 0.2) is 11.5 Å². The van der Waals surface area contributed by atoms with E-state index in [1.54, 1.807) is 14.2 Å². The molecule has 0 aliphatic heterocycles. The summed E-state index contributed by atoms with van der Waals surface area (Å²) in [5.41, 5.74) is 5.48. The molecule has 0 fully saturated rings. The minimum absolute atomic E-state index is 0.0880. The summed E-state index contributed by atoms with van der Waals surface area (Å²) in [5, 5.41) is 0. The molecule has 4 heteroatoms. The molecule has 1 atom stereocenters. The highest BCUT2D eigenvalue weighted by atomic mass is 16.5. The summed E-state index contributed by atoms with van der Waals surface area (Å²) in [6, 6.07) is 7.48. The lowest BCUT2D eigenvalue weighted by Crippen LogP contribution is -2.28. The van der Waals surface area contributed by atoms with E-state index in [-0.39, 0.29) is 6.10 Å². The van der Waals surface area contributed by atoms with Crippen LogP contribution in [0.1, 0.15) is 0 Å². The zero-order chi connectivity index (χ0) is 11.1. The minimum Gasteiger partial charge on any atom is -0.493 e. The van der Waals surface area contributed by atoms with Crippen LogP contribution in [-0.4, -0.2) is 33.5 Å². The van der Waals surface area contributed by atoms with Crippen LogP contribution in [0.15, 0.2) is 24.3 Å². The molecule has 0 spiro atoms. The van der Waals surface area contributed by atoms with Crippen molar-refractivity contribution >= 4 is 0 Å². The summed E-state index contributed by atoms with van der Waals surface area (Å²) in [6.07, 6.45) is -0.0880. The Morgan fingerprint density at radius 1 is 1.20 bits per heavy atom. The molecule has 84 valence electrons. The van der Waals surface area contributed by atoms with Crippen LogP contribution in [0.5, 0.6) is 11.5 Å². The Hall–Kier alpha value is -1.26. The monoisotopic (exact) mass is 211 g/mol. The van der Waals surface area contributed by atoms with Crippen LogP contribution < -0.4 is 15.2 Å². The number of ether oxygens (including phenoxy) is 3. The second-order valence-corrected chi connectivity index (χ2v) is 3.06. The molecule has 1 unspecified atom stereocenters. The number of benzene rings is 1. The highest BCUT2D eigenvalue weighted by Crippen LogP contribution is 2.25. The molecule has 2 N–H and O–H groups in total. The molecule has 4 nitrogen and oxygen atoms in total. The number of rotatable bonds is 6. The molecule has 1 aromatic carbocycles. The van der Waals surface area contributed by atoms with E-state index in [4.69, 9.17) is 19.9 Å². The zero-order valence-corrected chi connectivity index (χ0v) is 9.10. The average Bonchev–Trinajstić information content (AvgIpc) is 2.31. The Balaban J connectivity index is 2.56. The molecule has 1 aromatic rings. The van der Waals surface area contributed by atoms with E-state index in [1.165, 1.54) is 0 Å². The molecule has 0 aromatic heterocycles. The Morgan fingerprint density at radius 2 is 1.87 bits per heavy atom. The molecule has 0 bridgehead atoms. The van der Waals surface area contributed by atoms with Crippen LogP contribution >= 0.6 is 0 Å². The smallest absolute Gasteiger partial charge is 0.161 e. The van der Waals surface area contributed by atoms with Gasteiger partial charge in [-0.15, -0.1) is 0 Å². The van der Waals surface area contributed by atoms with Crippen molar-refractivity contribution in [1.82, 2.24) is 0 Å².